The molecule has 0 heterocycles. The maximum Gasteiger partial charge on any atom is 0.134 e. The van der Waals surface area contributed by atoms with E-state index in [-0.39, 0.29) is 7.85 Å². The predicted molar refractivity (Wildman–Crippen MR) is 47.7 cm³/mol. The molecule has 8 heavy (non-hydrogen) atoms. The zero-order chi connectivity index (χ0) is 6.57. The second kappa shape index (κ2) is 4.66. The third-order valence-corrected chi connectivity index (χ3v) is 4.08. The highest BCUT2D eigenvalue weighted by Crippen LogP contribution is 2.09. The van der Waals surface area contributed by atoms with Crippen molar-refractivity contribution in [2.24, 2.45) is 0 Å². The third-order valence-electron chi connectivity index (χ3n) is 0.564. The first kappa shape index (κ1) is 8.80. The Morgan fingerprint density at radius 3 is 1.38 bits per heavy atom. The van der Waals surface area contributed by atoms with Crippen LogP contribution in [-0.2, 0) is 9.59 Å². The predicted octanol–water partition coefficient (Wildman–Crippen LogP) is 0.991. The first-order valence-electron chi connectivity index (χ1n) is 1.91. The minimum Gasteiger partial charge on any atom is -0.302 e. The van der Waals surface area contributed by atoms with Crippen molar-refractivity contribution in [1.82, 2.24) is 0 Å². The Morgan fingerprint density at radius 1 is 1.00 bits per heavy atom. The summed E-state index contributed by atoms with van der Waals surface area (Å²) in [6.07, 6.45) is 1.54. The summed E-state index contributed by atoms with van der Waals surface area (Å²) in [6, 6.07) is 0. The number of hydrogen-bond acceptors (Lipinski definition) is 2. The average molecular weight is 338 g/mol. The molecule has 0 spiro atoms. The van der Waals surface area contributed by atoms with E-state index in [1.807, 2.05) is 45.2 Å². The Morgan fingerprint density at radius 2 is 1.25 bits per heavy atom. The van der Waals surface area contributed by atoms with Crippen LogP contribution in [0.4, 0.5) is 0 Å². The van der Waals surface area contributed by atoms with Crippen LogP contribution in [0, 0.1) is 0 Å². The maximum absolute atomic E-state index is 9.93. The second-order valence-corrected chi connectivity index (χ2v) is 4.04. The quantitative estimate of drug-likeness (QED) is 0.437. The Hall–Kier alpha value is 0.800. The van der Waals surface area contributed by atoms with Crippen LogP contribution in [0.2, 0.25) is 0 Å². The number of halogens is 2. The van der Waals surface area contributed by atoms with Gasteiger partial charge in [0.15, 0.2) is 0 Å². The summed E-state index contributed by atoms with van der Waals surface area (Å²) < 4.78 is -0.351. The topological polar surface area (TPSA) is 34.1 Å². The molecule has 0 radical (unpaired) electrons. The van der Waals surface area contributed by atoms with Gasteiger partial charge in [-0.05, 0) is 0 Å². The average Bonchev–Trinajstić information content (AvgIpc) is 1.84. The van der Waals surface area contributed by atoms with Gasteiger partial charge in [0.25, 0.3) is 0 Å². The normalized spacial score (nSPS) is 16.8. The van der Waals surface area contributed by atoms with E-state index < -0.39 is 0 Å². The number of aldehydes is 2. The molecule has 0 bridgehead atoms. The molecule has 0 aliphatic carbocycles. The smallest absolute Gasteiger partial charge is 0.134 e. The van der Waals surface area contributed by atoms with Crippen LogP contribution in [-0.4, -0.2) is 20.4 Å². The Bertz CT molecular complexity index is 82.0. The number of carbonyl (C=O) groups is 2. The van der Waals surface area contributed by atoms with Crippen molar-refractivity contribution >= 4 is 57.8 Å². The fourth-order valence-electron chi connectivity index (χ4n) is 0.150. The van der Waals surface area contributed by atoms with Crippen LogP contribution in [0.5, 0.6) is 0 Å². The van der Waals surface area contributed by atoms with E-state index in [0.717, 1.165) is 12.6 Å². The van der Waals surface area contributed by atoms with E-state index in [2.05, 4.69) is 0 Å². The van der Waals surface area contributed by atoms with Crippen LogP contribution < -0.4 is 0 Å². The van der Waals surface area contributed by atoms with E-state index in [1.54, 1.807) is 0 Å². The molecule has 46 valence electrons. The second-order valence-electron chi connectivity index (χ2n) is 1.16. The van der Waals surface area contributed by atoms with Gasteiger partial charge in [-0.15, -0.1) is 0 Å². The molecular formula is C4H4I2O2. The molecule has 0 aliphatic heterocycles. The molecule has 0 rings (SSSR count). The van der Waals surface area contributed by atoms with Gasteiger partial charge < -0.3 is 9.59 Å². The zero-order valence-corrected chi connectivity index (χ0v) is 8.20. The summed E-state index contributed by atoms with van der Waals surface area (Å²) in [6.45, 7) is 0. The van der Waals surface area contributed by atoms with Crippen molar-refractivity contribution in [3.63, 3.8) is 0 Å². The molecule has 0 aromatic carbocycles. The molecule has 0 N–H and O–H groups in total. The number of alkyl halides is 2. The van der Waals surface area contributed by atoms with E-state index >= 15 is 0 Å². The van der Waals surface area contributed by atoms with Gasteiger partial charge in [0.2, 0.25) is 0 Å². The highest BCUT2D eigenvalue weighted by atomic mass is 127. The molecule has 0 saturated carbocycles. The van der Waals surface area contributed by atoms with Crippen LogP contribution >= 0.6 is 45.2 Å². The van der Waals surface area contributed by atoms with Crippen molar-refractivity contribution in [3.8, 4) is 0 Å². The number of hydrogen-bond donors (Lipinski definition) is 0. The number of rotatable bonds is 3. The molecule has 0 aliphatic rings. The van der Waals surface area contributed by atoms with Gasteiger partial charge in [0, 0.05) is 0 Å². The van der Waals surface area contributed by atoms with Crippen molar-refractivity contribution in [3.05, 3.63) is 0 Å². The van der Waals surface area contributed by atoms with E-state index in [0.29, 0.717) is 0 Å². The van der Waals surface area contributed by atoms with Crippen molar-refractivity contribution in [1.29, 1.82) is 0 Å². The fourth-order valence-corrected chi connectivity index (χ4v) is 0.489. The van der Waals surface area contributed by atoms with Gasteiger partial charge in [0.05, 0.1) is 7.85 Å². The molecule has 0 aromatic rings. The Balaban J connectivity index is 3.60. The summed E-state index contributed by atoms with van der Waals surface area (Å²) in [5.41, 5.74) is 0. The van der Waals surface area contributed by atoms with Gasteiger partial charge >= 0.3 is 0 Å². The third kappa shape index (κ3) is 2.95. The lowest BCUT2D eigenvalue weighted by Crippen LogP contribution is -2.15. The van der Waals surface area contributed by atoms with Crippen molar-refractivity contribution in [2.45, 2.75) is 7.85 Å². The van der Waals surface area contributed by atoms with Gasteiger partial charge in [0.1, 0.15) is 12.6 Å². The van der Waals surface area contributed by atoms with E-state index in [4.69, 9.17) is 0 Å². The van der Waals surface area contributed by atoms with Gasteiger partial charge in [-0.1, -0.05) is 45.2 Å². The number of carbonyl (C=O) groups excluding carboxylic acids is 2. The molecule has 0 saturated heterocycles. The minimum atomic E-state index is -0.175. The molecule has 0 amide bonds. The maximum atomic E-state index is 9.93. The van der Waals surface area contributed by atoms with Gasteiger partial charge in [-0.25, -0.2) is 0 Å². The SMILES string of the molecule is O=CC(I)C(I)C=O. The van der Waals surface area contributed by atoms with Crippen LogP contribution in [0.15, 0.2) is 0 Å². The van der Waals surface area contributed by atoms with Crippen LogP contribution in [0.3, 0.4) is 0 Å². The molecule has 2 nitrogen and oxygen atoms in total. The standard InChI is InChI=1S/C4H4I2O2/c5-3(1-7)4(6)2-8/h1-4H. The highest BCUT2D eigenvalue weighted by Gasteiger charge is 2.11. The van der Waals surface area contributed by atoms with E-state index in [1.165, 1.54) is 0 Å². The minimum absolute atomic E-state index is 0.175. The van der Waals surface area contributed by atoms with E-state index in [9.17, 15) is 9.59 Å². The largest absolute Gasteiger partial charge is 0.302 e. The lowest BCUT2D eigenvalue weighted by molar-refractivity contribution is -0.111. The first-order chi connectivity index (χ1) is 3.72. The van der Waals surface area contributed by atoms with Gasteiger partial charge in [-0.3, -0.25) is 0 Å². The Labute approximate surface area is 74.7 Å². The van der Waals surface area contributed by atoms with Crippen LogP contribution in [0.1, 0.15) is 0 Å². The summed E-state index contributed by atoms with van der Waals surface area (Å²) in [4.78, 5) is 19.9. The van der Waals surface area contributed by atoms with Crippen molar-refractivity contribution in [2.75, 3.05) is 0 Å². The molecule has 0 fully saturated rings. The molecule has 0 aromatic heterocycles. The zero-order valence-electron chi connectivity index (χ0n) is 3.88. The molecule has 4 heteroatoms. The molecule has 2 atom stereocenters. The lowest BCUT2D eigenvalue weighted by atomic mass is 10.4. The summed E-state index contributed by atoms with van der Waals surface area (Å²) in [5, 5.41) is 0. The summed E-state index contributed by atoms with van der Waals surface area (Å²) in [5.74, 6) is 0. The van der Waals surface area contributed by atoms with Crippen LogP contribution in [0.25, 0.3) is 0 Å². The lowest BCUT2D eigenvalue weighted by Gasteiger charge is -1.99. The fraction of sp³-hybridized carbons (Fsp3) is 0.500. The Kier molecular flexibility index (Phi) is 5.12. The molecule has 2 unspecified atom stereocenters. The monoisotopic (exact) mass is 338 g/mol. The van der Waals surface area contributed by atoms with Crippen molar-refractivity contribution < 1.29 is 9.59 Å². The van der Waals surface area contributed by atoms with Gasteiger partial charge in [-0.2, -0.15) is 0 Å². The molecular weight excluding hydrogens is 334 g/mol. The first-order valence-corrected chi connectivity index (χ1v) is 4.40. The highest BCUT2D eigenvalue weighted by molar-refractivity contribution is 14.1. The summed E-state index contributed by atoms with van der Waals surface area (Å²) in [7, 11) is 0. The summed E-state index contributed by atoms with van der Waals surface area (Å²) >= 11 is 3.85.